The van der Waals surface area contributed by atoms with Gasteiger partial charge in [-0.1, -0.05) is 42.2 Å². The number of amides is 2. The molecule has 1 aliphatic rings. The molecule has 0 unspecified atom stereocenters. The fourth-order valence-electron chi connectivity index (χ4n) is 2.83. The highest BCUT2D eigenvalue weighted by molar-refractivity contribution is 8.26. The van der Waals surface area contributed by atoms with E-state index in [9.17, 15) is 23.9 Å². The van der Waals surface area contributed by atoms with Crippen LogP contribution in [0.5, 0.6) is 5.75 Å². The van der Waals surface area contributed by atoms with Crippen molar-refractivity contribution in [3.05, 3.63) is 64.3 Å². The molecule has 3 N–H and O–H groups in total. The number of hydrogen-bond donors (Lipinski definition) is 3. The zero-order chi connectivity index (χ0) is 22.5. The summed E-state index contributed by atoms with van der Waals surface area (Å²) in [6, 6.07) is 9.82. The largest absolute Gasteiger partial charge is 0.507 e. The van der Waals surface area contributed by atoms with Crippen LogP contribution in [-0.4, -0.2) is 43.8 Å². The van der Waals surface area contributed by atoms with E-state index in [1.165, 1.54) is 29.2 Å². The maximum Gasteiger partial charge on any atom is 0.339 e. The standard InChI is InChI=1S/C21H17FN2O5S2/c22-15-5-2-1-4-12(15)10-17-19(27)24(21(30)31-17)9-3-6-18(26)23-13-7-8-16(25)14(11-13)20(28)29/h1-2,4-5,7-8,10-11,25H,3,6,9H2,(H,23,26)(H,28,29). The van der Waals surface area contributed by atoms with Gasteiger partial charge in [0.15, 0.2) is 0 Å². The minimum absolute atomic E-state index is 0.0622. The van der Waals surface area contributed by atoms with Gasteiger partial charge in [-0.25, -0.2) is 9.18 Å². The molecule has 0 aromatic heterocycles. The van der Waals surface area contributed by atoms with Crippen LogP contribution >= 0.6 is 24.0 Å². The molecule has 0 bridgehead atoms. The lowest BCUT2D eigenvalue weighted by molar-refractivity contribution is -0.122. The summed E-state index contributed by atoms with van der Waals surface area (Å²) in [6.07, 6.45) is 1.83. The number of thiocarbonyl (C=S) groups is 1. The molecule has 0 atom stereocenters. The van der Waals surface area contributed by atoms with E-state index >= 15 is 0 Å². The average molecular weight is 461 g/mol. The van der Waals surface area contributed by atoms with Gasteiger partial charge < -0.3 is 15.5 Å². The summed E-state index contributed by atoms with van der Waals surface area (Å²) in [6.45, 7) is 0.211. The number of carboxylic acid groups (broad SMARTS) is 1. The van der Waals surface area contributed by atoms with Crippen molar-refractivity contribution in [2.24, 2.45) is 0 Å². The van der Waals surface area contributed by atoms with Crippen molar-refractivity contribution in [1.82, 2.24) is 4.90 Å². The number of nitrogens with zero attached hydrogens (tertiary/aromatic N) is 1. The van der Waals surface area contributed by atoms with Crippen LogP contribution in [0.2, 0.25) is 0 Å². The van der Waals surface area contributed by atoms with E-state index in [4.69, 9.17) is 17.3 Å². The summed E-state index contributed by atoms with van der Waals surface area (Å²) < 4.78 is 14.2. The SMILES string of the molecule is O=C(CCCN1C(=O)C(=Cc2ccccc2F)SC1=S)Nc1ccc(O)c(C(=O)O)c1. The Labute approximate surface area is 186 Å². The van der Waals surface area contributed by atoms with Crippen LogP contribution < -0.4 is 5.32 Å². The first kappa shape index (κ1) is 22.4. The zero-order valence-corrected chi connectivity index (χ0v) is 17.6. The number of nitrogens with one attached hydrogen (secondary N) is 1. The number of carbonyl (C=O) groups is 3. The van der Waals surface area contributed by atoms with Gasteiger partial charge in [0.2, 0.25) is 5.91 Å². The fraction of sp³-hybridized carbons (Fsp3) is 0.143. The summed E-state index contributed by atoms with van der Waals surface area (Å²) in [5.74, 6) is -2.88. The van der Waals surface area contributed by atoms with Gasteiger partial charge in [-0.3, -0.25) is 14.5 Å². The maximum atomic E-state index is 13.8. The number of phenols is 1. The quantitative estimate of drug-likeness (QED) is 0.327. The third-order valence-corrected chi connectivity index (χ3v) is 5.74. The average Bonchev–Trinajstić information content (AvgIpc) is 2.98. The Balaban J connectivity index is 1.56. The van der Waals surface area contributed by atoms with Crippen molar-refractivity contribution < 1.29 is 29.0 Å². The highest BCUT2D eigenvalue weighted by atomic mass is 32.2. The van der Waals surface area contributed by atoms with Crippen molar-refractivity contribution >= 4 is 57.8 Å². The van der Waals surface area contributed by atoms with Crippen LogP contribution in [-0.2, 0) is 9.59 Å². The van der Waals surface area contributed by atoms with Gasteiger partial charge in [0, 0.05) is 24.2 Å². The zero-order valence-electron chi connectivity index (χ0n) is 16.0. The molecule has 0 spiro atoms. The number of hydrogen-bond acceptors (Lipinski definition) is 6. The van der Waals surface area contributed by atoms with Crippen LogP contribution in [0.1, 0.15) is 28.8 Å². The molecular formula is C21H17FN2O5S2. The van der Waals surface area contributed by atoms with E-state index < -0.39 is 17.5 Å². The van der Waals surface area contributed by atoms with Gasteiger partial charge in [-0.2, -0.15) is 0 Å². The van der Waals surface area contributed by atoms with Gasteiger partial charge in [-0.15, -0.1) is 0 Å². The second-order valence-electron chi connectivity index (χ2n) is 6.54. The molecule has 0 aliphatic carbocycles. The lowest BCUT2D eigenvalue weighted by Gasteiger charge is -2.14. The molecule has 1 aliphatic heterocycles. The Kier molecular flexibility index (Phi) is 7.03. The highest BCUT2D eigenvalue weighted by Gasteiger charge is 2.31. The van der Waals surface area contributed by atoms with Gasteiger partial charge in [0.25, 0.3) is 5.91 Å². The maximum absolute atomic E-state index is 13.8. The number of rotatable bonds is 7. The van der Waals surface area contributed by atoms with Crippen LogP contribution in [0.3, 0.4) is 0 Å². The second-order valence-corrected chi connectivity index (χ2v) is 8.22. The number of aromatic carboxylic acids is 1. The van der Waals surface area contributed by atoms with Gasteiger partial charge in [-0.05, 0) is 36.8 Å². The molecule has 160 valence electrons. The Hall–Kier alpha value is -3.24. The molecule has 31 heavy (non-hydrogen) atoms. The normalized spacial score (nSPS) is 14.9. The van der Waals surface area contributed by atoms with E-state index in [2.05, 4.69) is 5.32 Å². The van der Waals surface area contributed by atoms with E-state index in [1.54, 1.807) is 18.2 Å². The molecule has 0 radical (unpaired) electrons. The van der Waals surface area contributed by atoms with Crippen LogP contribution in [0.4, 0.5) is 10.1 Å². The number of aromatic hydroxyl groups is 1. The first-order valence-electron chi connectivity index (χ1n) is 9.12. The number of benzene rings is 2. The summed E-state index contributed by atoms with van der Waals surface area (Å²) in [7, 11) is 0. The number of carbonyl (C=O) groups excluding carboxylic acids is 2. The van der Waals surface area contributed by atoms with E-state index in [1.807, 2.05) is 0 Å². The second kappa shape index (κ2) is 9.71. The van der Waals surface area contributed by atoms with Gasteiger partial charge in [0.1, 0.15) is 21.5 Å². The Bertz CT molecular complexity index is 1100. The number of thioether (sulfide) groups is 1. The van der Waals surface area contributed by atoms with Crippen molar-refractivity contribution in [2.45, 2.75) is 12.8 Å². The minimum Gasteiger partial charge on any atom is -0.507 e. The lowest BCUT2D eigenvalue weighted by atomic mass is 10.1. The Morgan fingerprint density at radius 2 is 1.97 bits per heavy atom. The monoisotopic (exact) mass is 460 g/mol. The highest BCUT2D eigenvalue weighted by Crippen LogP contribution is 2.33. The van der Waals surface area contributed by atoms with Crippen molar-refractivity contribution in [3.8, 4) is 5.75 Å². The fourth-order valence-corrected chi connectivity index (χ4v) is 4.13. The molecule has 2 amide bonds. The molecule has 3 rings (SSSR count). The third kappa shape index (κ3) is 5.47. The topological polar surface area (TPSA) is 107 Å². The van der Waals surface area contributed by atoms with E-state index in [0.717, 1.165) is 17.8 Å². The van der Waals surface area contributed by atoms with E-state index in [0.29, 0.717) is 15.6 Å². The smallest absolute Gasteiger partial charge is 0.339 e. The molecule has 1 heterocycles. The molecule has 2 aromatic rings. The first-order valence-corrected chi connectivity index (χ1v) is 10.3. The predicted molar refractivity (Wildman–Crippen MR) is 119 cm³/mol. The summed E-state index contributed by atoms with van der Waals surface area (Å²) in [5, 5.41) is 21.1. The Morgan fingerprint density at radius 3 is 2.68 bits per heavy atom. The number of halogens is 1. The summed E-state index contributed by atoms with van der Waals surface area (Å²) in [5.41, 5.74) is 0.202. The third-order valence-electron chi connectivity index (χ3n) is 4.36. The van der Waals surface area contributed by atoms with Crippen LogP contribution in [0.25, 0.3) is 6.08 Å². The lowest BCUT2D eigenvalue weighted by Crippen LogP contribution is -2.29. The molecule has 0 saturated carbocycles. The summed E-state index contributed by atoms with van der Waals surface area (Å²) >= 11 is 6.31. The van der Waals surface area contributed by atoms with E-state index in [-0.39, 0.29) is 41.6 Å². The summed E-state index contributed by atoms with van der Waals surface area (Å²) in [4.78, 5) is 37.4. The first-order chi connectivity index (χ1) is 14.8. The molecule has 10 heteroatoms. The van der Waals surface area contributed by atoms with Crippen molar-refractivity contribution in [3.63, 3.8) is 0 Å². The number of anilines is 1. The molecular weight excluding hydrogens is 443 g/mol. The van der Waals surface area contributed by atoms with Crippen molar-refractivity contribution in [1.29, 1.82) is 0 Å². The molecule has 1 saturated heterocycles. The van der Waals surface area contributed by atoms with Crippen molar-refractivity contribution in [2.75, 3.05) is 11.9 Å². The molecule has 1 fully saturated rings. The van der Waals surface area contributed by atoms with Crippen LogP contribution in [0, 0.1) is 5.82 Å². The molecule has 2 aromatic carbocycles. The van der Waals surface area contributed by atoms with Gasteiger partial charge in [0.05, 0.1) is 4.91 Å². The van der Waals surface area contributed by atoms with Gasteiger partial charge >= 0.3 is 5.97 Å². The number of carboxylic acids is 1. The predicted octanol–water partition coefficient (Wildman–Crippen LogP) is 3.85. The Morgan fingerprint density at radius 1 is 1.23 bits per heavy atom. The molecule has 7 nitrogen and oxygen atoms in total. The van der Waals surface area contributed by atoms with Crippen LogP contribution in [0.15, 0.2) is 47.4 Å². The minimum atomic E-state index is -1.31.